The van der Waals surface area contributed by atoms with Crippen LogP contribution in [0.25, 0.3) is 28.1 Å². The predicted molar refractivity (Wildman–Crippen MR) is 96.0 cm³/mol. The molecule has 0 spiro atoms. The fourth-order valence-electron chi connectivity index (χ4n) is 3.13. The van der Waals surface area contributed by atoms with E-state index in [0.29, 0.717) is 0 Å². The van der Waals surface area contributed by atoms with Crippen LogP contribution in [0.3, 0.4) is 0 Å². The number of nitrogens with zero attached hydrogens (tertiary/aromatic N) is 3. The Hall–Kier alpha value is -2.75. The number of para-hydroxylation sites is 2. The number of anilines is 1. The molecule has 2 aromatic heterocycles. The third-order valence-corrected chi connectivity index (χ3v) is 4.41. The van der Waals surface area contributed by atoms with Gasteiger partial charge in [-0.05, 0) is 43.7 Å². The molecule has 2 heterocycles. The zero-order valence-corrected chi connectivity index (χ0v) is 13.5. The molecule has 0 atom stereocenters. The molecular formula is C19H20N4. The molecule has 0 aliphatic rings. The van der Waals surface area contributed by atoms with Crippen molar-refractivity contribution < 1.29 is 0 Å². The number of aromatic amines is 1. The van der Waals surface area contributed by atoms with Gasteiger partial charge in [-0.15, -0.1) is 0 Å². The quantitative estimate of drug-likeness (QED) is 0.609. The highest BCUT2D eigenvalue weighted by Gasteiger charge is 2.09. The summed E-state index contributed by atoms with van der Waals surface area (Å²) in [6.07, 6.45) is 2.12. The van der Waals surface area contributed by atoms with E-state index in [1.807, 2.05) is 18.2 Å². The summed E-state index contributed by atoms with van der Waals surface area (Å²) < 4.78 is 2.11. The largest absolute Gasteiger partial charge is 0.372 e. The van der Waals surface area contributed by atoms with Crippen molar-refractivity contribution in [1.29, 1.82) is 0 Å². The van der Waals surface area contributed by atoms with Gasteiger partial charge in [-0.1, -0.05) is 24.3 Å². The molecule has 0 unspecified atom stereocenters. The van der Waals surface area contributed by atoms with Crippen molar-refractivity contribution >= 4 is 22.5 Å². The fourth-order valence-corrected chi connectivity index (χ4v) is 3.13. The van der Waals surface area contributed by atoms with E-state index in [-0.39, 0.29) is 0 Å². The first-order valence-corrected chi connectivity index (χ1v) is 8.11. The van der Waals surface area contributed by atoms with E-state index in [2.05, 4.69) is 69.6 Å². The highest BCUT2D eigenvalue weighted by atomic mass is 15.1. The monoisotopic (exact) mass is 304 g/mol. The van der Waals surface area contributed by atoms with E-state index < -0.39 is 0 Å². The molecule has 4 aromatic rings. The molecule has 0 saturated carbocycles. The topological polar surface area (TPSA) is 36.3 Å². The van der Waals surface area contributed by atoms with Gasteiger partial charge in [-0.3, -0.25) is 4.40 Å². The Morgan fingerprint density at radius 3 is 2.48 bits per heavy atom. The summed E-state index contributed by atoms with van der Waals surface area (Å²) >= 11 is 0. The molecule has 4 rings (SSSR count). The predicted octanol–water partition coefficient (Wildman–Crippen LogP) is 4.33. The average Bonchev–Trinajstić information content (AvgIpc) is 3.14. The second-order valence-corrected chi connectivity index (χ2v) is 5.68. The maximum atomic E-state index is 4.63. The number of hydrogen-bond acceptors (Lipinski definition) is 2. The smallest absolute Gasteiger partial charge is 0.212 e. The van der Waals surface area contributed by atoms with Crippen molar-refractivity contribution in [3.8, 4) is 11.3 Å². The Kier molecular flexibility index (Phi) is 3.30. The van der Waals surface area contributed by atoms with Gasteiger partial charge in [-0.2, -0.15) is 0 Å². The van der Waals surface area contributed by atoms with E-state index in [1.165, 1.54) is 11.3 Å². The van der Waals surface area contributed by atoms with E-state index in [9.17, 15) is 0 Å². The van der Waals surface area contributed by atoms with Gasteiger partial charge in [0.2, 0.25) is 5.78 Å². The Bertz CT molecular complexity index is 942. The molecule has 1 N–H and O–H groups in total. The van der Waals surface area contributed by atoms with Crippen LogP contribution in [-0.2, 0) is 0 Å². The molecule has 4 nitrogen and oxygen atoms in total. The van der Waals surface area contributed by atoms with E-state index in [4.69, 9.17) is 0 Å². The van der Waals surface area contributed by atoms with Crippen LogP contribution < -0.4 is 4.90 Å². The number of nitrogens with one attached hydrogen (secondary N) is 1. The number of rotatable bonds is 4. The molecule has 4 heteroatoms. The van der Waals surface area contributed by atoms with Crippen LogP contribution in [0.1, 0.15) is 13.8 Å². The maximum absolute atomic E-state index is 4.63. The summed E-state index contributed by atoms with van der Waals surface area (Å²) in [5.41, 5.74) is 5.67. The first-order valence-electron chi connectivity index (χ1n) is 8.11. The minimum atomic E-state index is 0.883. The molecule has 0 fully saturated rings. The van der Waals surface area contributed by atoms with Gasteiger partial charge in [0.25, 0.3) is 0 Å². The van der Waals surface area contributed by atoms with Crippen LogP contribution in [0, 0.1) is 0 Å². The Labute approximate surface area is 135 Å². The molecule has 0 radical (unpaired) electrons. The summed E-state index contributed by atoms with van der Waals surface area (Å²) in [6.45, 7) is 6.42. The summed E-state index contributed by atoms with van der Waals surface area (Å²) in [5, 5.41) is 0. The van der Waals surface area contributed by atoms with E-state index in [0.717, 1.165) is 35.6 Å². The molecule has 0 bridgehead atoms. The average molecular weight is 304 g/mol. The van der Waals surface area contributed by atoms with Gasteiger partial charge in [0, 0.05) is 25.0 Å². The van der Waals surface area contributed by atoms with Crippen molar-refractivity contribution in [1.82, 2.24) is 14.4 Å². The number of aromatic nitrogens is 3. The number of imidazole rings is 2. The van der Waals surface area contributed by atoms with Gasteiger partial charge in [0.15, 0.2) is 0 Å². The van der Waals surface area contributed by atoms with E-state index >= 15 is 0 Å². The molecule has 116 valence electrons. The first-order chi connectivity index (χ1) is 11.3. The molecule has 0 amide bonds. The van der Waals surface area contributed by atoms with Gasteiger partial charge >= 0.3 is 0 Å². The van der Waals surface area contributed by atoms with Crippen molar-refractivity contribution in [3.63, 3.8) is 0 Å². The minimum Gasteiger partial charge on any atom is -0.372 e. The number of hydrogen-bond donors (Lipinski definition) is 1. The first kappa shape index (κ1) is 13.9. The lowest BCUT2D eigenvalue weighted by molar-refractivity contribution is 0.866. The maximum Gasteiger partial charge on any atom is 0.212 e. The van der Waals surface area contributed by atoms with Crippen LogP contribution in [-0.4, -0.2) is 27.5 Å². The van der Waals surface area contributed by atoms with Gasteiger partial charge < -0.3 is 9.88 Å². The second-order valence-electron chi connectivity index (χ2n) is 5.68. The fraction of sp³-hybridized carbons (Fsp3) is 0.211. The number of H-pyrrole nitrogens is 1. The van der Waals surface area contributed by atoms with Crippen LogP contribution in [0.15, 0.2) is 54.7 Å². The molecular weight excluding hydrogens is 284 g/mol. The van der Waals surface area contributed by atoms with Crippen LogP contribution >= 0.6 is 0 Å². The zero-order valence-electron chi connectivity index (χ0n) is 13.5. The Morgan fingerprint density at radius 2 is 1.74 bits per heavy atom. The highest BCUT2D eigenvalue weighted by molar-refractivity contribution is 5.81. The van der Waals surface area contributed by atoms with Crippen LogP contribution in [0.2, 0.25) is 0 Å². The highest BCUT2D eigenvalue weighted by Crippen LogP contribution is 2.25. The van der Waals surface area contributed by atoms with Gasteiger partial charge in [0.05, 0.1) is 16.7 Å². The molecule has 0 aliphatic carbocycles. The lowest BCUT2D eigenvalue weighted by atomic mass is 10.1. The molecule has 0 saturated heterocycles. The summed E-state index contributed by atoms with van der Waals surface area (Å²) in [4.78, 5) is 10.4. The van der Waals surface area contributed by atoms with Crippen molar-refractivity contribution in [2.24, 2.45) is 0 Å². The molecule has 23 heavy (non-hydrogen) atoms. The Morgan fingerprint density at radius 1 is 1.00 bits per heavy atom. The van der Waals surface area contributed by atoms with Crippen LogP contribution in [0.5, 0.6) is 0 Å². The number of benzene rings is 2. The van der Waals surface area contributed by atoms with Crippen molar-refractivity contribution in [2.45, 2.75) is 13.8 Å². The molecule has 0 aliphatic heterocycles. The Balaban J connectivity index is 1.74. The van der Waals surface area contributed by atoms with E-state index in [1.54, 1.807) is 0 Å². The van der Waals surface area contributed by atoms with Crippen molar-refractivity contribution in [2.75, 3.05) is 18.0 Å². The van der Waals surface area contributed by atoms with Gasteiger partial charge in [0.1, 0.15) is 0 Å². The SMILES string of the molecule is CCN(CC)c1ccc(-c2cn3c(nc4ccccc43)[nH]2)cc1. The summed E-state index contributed by atoms with van der Waals surface area (Å²) in [6, 6.07) is 16.9. The minimum absolute atomic E-state index is 0.883. The third kappa shape index (κ3) is 2.27. The second kappa shape index (κ2) is 5.47. The van der Waals surface area contributed by atoms with Crippen LogP contribution in [0.4, 0.5) is 5.69 Å². The van der Waals surface area contributed by atoms with Gasteiger partial charge in [-0.25, -0.2) is 4.98 Å². The lowest BCUT2D eigenvalue weighted by Crippen LogP contribution is -2.21. The van der Waals surface area contributed by atoms with Crippen molar-refractivity contribution in [3.05, 3.63) is 54.7 Å². The zero-order chi connectivity index (χ0) is 15.8. The number of fused-ring (bicyclic) bond motifs is 3. The lowest BCUT2D eigenvalue weighted by Gasteiger charge is -2.21. The standard InChI is InChI=1S/C19H20N4/c1-3-22(4-2)15-11-9-14(10-12-15)17-13-23-18-8-6-5-7-16(18)20-19(23)21-17/h5-13H,3-4H2,1-2H3,(H,20,21). The third-order valence-electron chi connectivity index (χ3n) is 4.41. The normalized spacial score (nSPS) is 11.4. The summed E-state index contributed by atoms with van der Waals surface area (Å²) in [7, 11) is 0. The summed E-state index contributed by atoms with van der Waals surface area (Å²) in [5.74, 6) is 0.883. The molecule has 2 aromatic carbocycles.